The van der Waals surface area contributed by atoms with Crippen LogP contribution in [0, 0.1) is 0 Å². The van der Waals surface area contributed by atoms with Crippen LogP contribution in [-0.4, -0.2) is 18.6 Å². The van der Waals surface area contributed by atoms with Crippen molar-refractivity contribution < 1.29 is 9.53 Å². The molecule has 4 heteroatoms. The number of carbonyl (C=O) groups is 1. The lowest BCUT2D eigenvalue weighted by Crippen LogP contribution is -2.39. The molecule has 1 aromatic carbocycles. The van der Waals surface area contributed by atoms with Crippen molar-refractivity contribution in [3.8, 4) is 0 Å². The molecule has 0 heterocycles. The van der Waals surface area contributed by atoms with E-state index in [0.29, 0.717) is 6.61 Å². The molecule has 0 aliphatic heterocycles. The lowest BCUT2D eigenvalue weighted by atomic mass is 10.1. The summed E-state index contributed by atoms with van der Waals surface area (Å²) in [4.78, 5) is 11.9. The molecule has 3 nitrogen and oxygen atoms in total. The van der Waals surface area contributed by atoms with Crippen molar-refractivity contribution in [2.75, 3.05) is 6.61 Å². The van der Waals surface area contributed by atoms with E-state index < -0.39 is 0 Å². The van der Waals surface area contributed by atoms with E-state index in [2.05, 4.69) is 47.2 Å². The number of rotatable bonds is 7. The van der Waals surface area contributed by atoms with Crippen LogP contribution in [0.2, 0.25) is 0 Å². The van der Waals surface area contributed by atoms with Gasteiger partial charge in [0.25, 0.3) is 0 Å². The van der Waals surface area contributed by atoms with Crippen molar-refractivity contribution in [1.82, 2.24) is 5.32 Å². The second kappa shape index (κ2) is 8.33. The largest absolute Gasteiger partial charge is 0.465 e. The van der Waals surface area contributed by atoms with Gasteiger partial charge < -0.3 is 4.74 Å². The predicted octanol–water partition coefficient (Wildman–Crippen LogP) is 3.83. The SMILES string of the molecule is CCCC(N[C@H](C)c1cccc(Br)c1)C(=O)OCC. The summed E-state index contributed by atoms with van der Waals surface area (Å²) in [6, 6.07) is 7.97. The quantitative estimate of drug-likeness (QED) is 0.773. The first kappa shape index (κ1) is 16.2. The number of carbonyl (C=O) groups excluding carboxylic acids is 1. The average molecular weight is 328 g/mol. The standard InChI is InChI=1S/C15H22BrNO2/c1-4-7-14(15(18)19-5-2)17-11(3)12-8-6-9-13(16)10-12/h6,8-11,14,17H,4-5,7H2,1-3H3/t11-,14?/m1/s1. The van der Waals surface area contributed by atoms with Crippen LogP contribution in [-0.2, 0) is 9.53 Å². The van der Waals surface area contributed by atoms with E-state index in [-0.39, 0.29) is 18.1 Å². The van der Waals surface area contributed by atoms with E-state index in [0.717, 1.165) is 22.9 Å². The van der Waals surface area contributed by atoms with Crippen LogP contribution >= 0.6 is 15.9 Å². The molecular formula is C15H22BrNO2. The second-order valence-corrected chi connectivity index (χ2v) is 5.45. The average Bonchev–Trinajstić information content (AvgIpc) is 2.38. The normalized spacial score (nSPS) is 13.9. The van der Waals surface area contributed by atoms with E-state index in [1.54, 1.807) is 0 Å². The molecule has 0 bridgehead atoms. The maximum Gasteiger partial charge on any atom is 0.323 e. The summed E-state index contributed by atoms with van der Waals surface area (Å²) in [5.41, 5.74) is 1.15. The molecule has 106 valence electrons. The minimum Gasteiger partial charge on any atom is -0.465 e. The van der Waals surface area contributed by atoms with Crippen LogP contribution in [0.5, 0.6) is 0 Å². The molecule has 0 aliphatic rings. The zero-order chi connectivity index (χ0) is 14.3. The Morgan fingerprint density at radius 1 is 1.42 bits per heavy atom. The fourth-order valence-corrected chi connectivity index (χ4v) is 2.39. The van der Waals surface area contributed by atoms with Crippen LogP contribution in [0.25, 0.3) is 0 Å². The number of ether oxygens (including phenoxy) is 1. The summed E-state index contributed by atoms with van der Waals surface area (Å²) in [7, 11) is 0. The number of hydrogen-bond acceptors (Lipinski definition) is 3. The van der Waals surface area contributed by atoms with E-state index in [1.165, 1.54) is 0 Å². The third-order valence-electron chi connectivity index (χ3n) is 2.95. The summed E-state index contributed by atoms with van der Waals surface area (Å²) in [6.07, 6.45) is 1.73. The molecule has 2 atom stereocenters. The zero-order valence-corrected chi connectivity index (χ0v) is 13.4. The van der Waals surface area contributed by atoms with Gasteiger partial charge >= 0.3 is 5.97 Å². The first-order chi connectivity index (χ1) is 9.08. The van der Waals surface area contributed by atoms with Gasteiger partial charge in [0.15, 0.2) is 0 Å². The van der Waals surface area contributed by atoms with Gasteiger partial charge in [-0.15, -0.1) is 0 Å². The van der Waals surface area contributed by atoms with E-state index in [1.807, 2.05) is 19.1 Å². The molecule has 0 fully saturated rings. The summed E-state index contributed by atoms with van der Waals surface area (Å²) in [6.45, 7) is 6.38. The van der Waals surface area contributed by atoms with E-state index in [9.17, 15) is 4.79 Å². The smallest absolute Gasteiger partial charge is 0.323 e. The van der Waals surface area contributed by atoms with Crippen LogP contribution in [0.4, 0.5) is 0 Å². The summed E-state index contributed by atoms with van der Waals surface area (Å²) < 4.78 is 6.15. The van der Waals surface area contributed by atoms with Crippen LogP contribution in [0.15, 0.2) is 28.7 Å². The Morgan fingerprint density at radius 3 is 2.74 bits per heavy atom. The summed E-state index contributed by atoms with van der Waals surface area (Å²) in [5, 5.41) is 3.35. The molecule has 1 N–H and O–H groups in total. The number of nitrogens with one attached hydrogen (secondary N) is 1. The minimum absolute atomic E-state index is 0.110. The Hall–Kier alpha value is -0.870. The minimum atomic E-state index is -0.237. The molecule has 0 saturated heterocycles. The number of hydrogen-bond donors (Lipinski definition) is 1. The lowest BCUT2D eigenvalue weighted by Gasteiger charge is -2.22. The van der Waals surface area contributed by atoms with Crippen LogP contribution in [0.1, 0.15) is 45.2 Å². The Bertz CT molecular complexity index is 409. The molecule has 0 amide bonds. The van der Waals surface area contributed by atoms with Crippen LogP contribution < -0.4 is 5.32 Å². The molecule has 1 aromatic rings. The molecule has 1 unspecified atom stereocenters. The van der Waals surface area contributed by atoms with Gasteiger partial charge in [-0.1, -0.05) is 41.4 Å². The second-order valence-electron chi connectivity index (χ2n) is 4.54. The highest BCUT2D eigenvalue weighted by Gasteiger charge is 2.21. The lowest BCUT2D eigenvalue weighted by molar-refractivity contribution is -0.146. The molecule has 19 heavy (non-hydrogen) atoms. The van der Waals surface area contributed by atoms with E-state index >= 15 is 0 Å². The highest BCUT2D eigenvalue weighted by molar-refractivity contribution is 9.10. The highest BCUT2D eigenvalue weighted by atomic mass is 79.9. The molecular weight excluding hydrogens is 306 g/mol. The van der Waals surface area contributed by atoms with Crippen molar-refractivity contribution >= 4 is 21.9 Å². The van der Waals surface area contributed by atoms with Crippen molar-refractivity contribution in [2.24, 2.45) is 0 Å². The Balaban J connectivity index is 2.70. The maximum atomic E-state index is 11.9. The van der Waals surface area contributed by atoms with Crippen molar-refractivity contribution in [3.63, 3.8) is 0 Å². The van der Waals surface area contributed by atoms with Crippen molar-refractivity contribution in [1.29, 1.82) is 0 Å². The Kier molecular flexibility index (Phi) is 7.10. The van der Waals surface area contributed by atoms with Gasteiger partial charge in [0.1, 0.15) is 6.04 Å². The number of esters is 1. The molecule has 0 saturated carbocycles. The van der Waals surface area contributed by atoms with E-state index in [4.69, 9.17) is 4.74 Å². The van der Waals surface area contributed by atoms with Gasteiger partial charge in [0, 0.05) is 10.5 Å². The maximum absolute atomic E-state index is 11.9. The van der Waals surface area contributed by atoms with Crippen molar-refractivity contribution in [3.05, 3.63) is 34.3 Å². The Morgan fingerprint density at radius 2 is 2.16 bits per heavy atom. The van der Waals surface area contributed by atoms with Crippen LogP contribution in [0.3, 0.4) is 0 Å². The summed E-state index contributed by atoms with van der Waals surface area (Å²) in [5.74, 6) is -0.161. The predicted molar refractivity (Wildman–Crippen MR) is 81.0 cm³/mol. The van der Waals surface area contributed by atoms with Crippen molar-refractivity contribution in [2.45, 2.75) is 45.7 Å². The topological polar surface area (TPSA) is 38.3 Å². The number of benzene rings is 1. The third kappa shape index (κ3) is 5.33. The molecule has 0 spiro atoms. The molecule has 0 aliphatic carbocycles. The Labute approximate surface area is 123 Å². The first-order valence-corrected chi connectivity index (χ1v) is 7.55. The molecule has 0 aromatic heterocycles. The fourth-order valence-electron chi connectivity index (χ4n) is 1.97. The van der Waals surface area contributed by atoms with Gasteiger partial charge in [-0.25, -0.2) is 0 Å². The number of halogens is 1. The fraction of sp³-hybridized carbons (Fsp3) is 0.533. The molecule has 0 radical (unpaired) electrons. The van der Waals surface area contributed by atoms with Gasteiger partial charge in [-0.3, -0.25) is 10.1 Å². The van der Waals surface area contributed by atoms with Gasteiger partial charge in [0.2, 0.25) is 0 Å². The first-order valence-electron chi connectivity index (χ1n) is 6.76. The van der Waals surface area contributed by atoms with Gasteiger partial charge in [-0.05, 0) is 38.0 Å². The highest BCUT2D eigenvalue weighted by Crippen LogP contribution is 2.19. The molecule has 1 rings (SSSR count). The third-order valence-corrected chi connectivity index (χ3v) is 3.44. The zero-order valence-electron chi connectivity index (χ0n) is 11.8. The monoisotopic (exact) mass is 327 g/mol. The summed E-state index contributed by atoms with van der Waals surface area (Å²) >= 11 is 3.46. The van der Waals surface area contributed by atoms with Gasteiger partial charge in [0.05, 0.1) is 6.61 Å². The van der Waals surface area contributed by atoms with Gasteiger partial charge in [-0.2, -0.15) is 0 Å².